The number of nitrogens with zero attached hydrogens (tertiary/aromatic N) is 1. The fourth-order valence-electron chi connectivity index (χ4n) is 3.51. The minimum atomic E-state index is -0.760. The van der Waals surface area contributed by atoms with Crippen LogP contribution in [0.5, 0.6) is 0 Å². The summed E-state index contributed by atoms with van der Waals surface area (Å²) in [5, 5.41) is 0.596. The summed E-state index contributed by atoms with van der Waals surface area (Å²) < 4.78 is 0. The first kappa shape index (κ1) is 15.6. The molecule has 1 heterocycles. The predicted molar refractivity (Wildman–Crippen MR) is 89.6 cm³/mol. The van der Waals surface area contributed by atoms with Crippen molar-refractivity contribution < 1.29 is 19.2 Å². The second-order valence-corrected chi connectivity index (χ2v) is 6.84. The highest BCUT2D eigenvalue weighted by atomic mass is 16.7. The molecule has 126 valence electrons. The Hall–Kier alpha value is -2.95. The number of rotatable bonds is 2. The molecule has 2 amide bonds. The van der Waals surface area contributed by atoms with Crippen molar-refractivity contribution in [2.24, 2.45) is 5.41 Å². The highest BCUT2D eigenvalue weighted by Crippen LogP contribution is 2.37. The first-order chi connectivity index (χ1) is 12.0. The van der Waals surface area contributed by atoms with Crippen molar-refractivity contribution in [3.05, 3.63) is 70.8 Å². The number of carbonyl (C=O) groups excluding carboxylic acids is 3. The number of hydroxylamine groups is 2. The Morgan fingerprint density at radius 2 is 1.52 bits per heavy atom. The fourth-order valence-corrected chi connectivity index (χ4v) is 3.51. The van der Waals surface area contributed by atoms with Gasteiger partial charge in [-0.3, -0.25) is 9.59 Å². The molecule has 0 spiro atoms. The zero-order valence-corrected chi connectivity index (χ0v) is 13.8. The standard InChI is InChI=1S/C20H17NO4/c1-20(11-10-13-6-2-3-7-14(13)12-20)19(24)25-21-17(22)15-8-4-5-9-16(15)18(21)23/h2-9H,10-12H2,1H3. The molecule has 1 aliphatic heterocycles. The van der Waals surface area contributed by atoms with E-state index in [0.717, 1.165) is 12.0 Å². The van der Waals surface area contributed by atoms with Gasteiger partial charge in [0, 0.05) is 0 Å². The molecule has 5 nitrogen and oxygen atoms in total. The SMILES string of the molecule is CC1(C(=O)ON2C(=O)c3ccccc3C2=O)CCc2ccccc2C1. The van der Waals surface area contributed by atoms with Gasteiger partial charge in [-0.15, -0.1) is 0 Å². The third-order valence-corrected chi connectivity index (χ3v) is 5.07. The number of amides is 2. The van der Waals surface area contributed by atoms with Crippen LogP contribution in [0, 0.1) is 5.41 Å². The molecule has 0 radical (unpaired) electrons. The Labute approximate surface area is 145 Å². The van der Waals surface area contributed by atoms with Crippen molar-refractivity contribution >= 4 is 17.8 Å². The van der Waals surface area contributed by atoms with E-state index in [0.29, 0.717) is 17.9 Å². The fraction of sp³-hybridized carbons (Fsp3) is 0.250. The van der Waals surface area contributed by atoms with E-state index < -0.39 is 23.2 Å². The van der Waals surface area contributed by atoms with Crippen LogP contribution in [0.15, 0.2) is 48.5 Å². The molecule has 2 aromatic rings. The summed E-state index contributed by atoms with van der Waals surface area (Å²) in [6, 6.07) is 14.5. The quantitative estimate of drug-likeness (QED) is 0.792. The van der Waals surface area contributed by atoms with Crippen LogP contribution in [0.25, 0.3) is 0 Å². The van der Waals surface area contributed by atoms with Crippen LogP contribution in [0.1, 0.15) is 45.2 Å². The van der Waals surface area contributed by atoms with Crippen molar-refractivity contribution in [2.75, 3.05) is 0 Å². The molecule has 4 rings (SSSR count). The molecule has 0 saturated heterocycles. The van der Waals surface area contributed by atoms with Crippen molar-refractivity contribution in [3.63, 3.8) is 0 Å². The summed E-state index contributed by atoms with van der Waals surface area (Å²) in [7, 11) is 0. The first-order valence-electron chi connectivity index (χ1n) is 8.27. The molecule has 0 bridgehead atoms. The second-order valence-electron chi connectivity index (χ2n) is 6.84. The third kappa shape index (κ3) is 2.43. The smallest absolute Gasteiger partial charge is 0.329 e. The average molecular weight is 335 g/mol. The monoisotopic (exact) mass is 335 g/mol. The number of hydrogen-bond donors (Lipinski definition) is 0. The number of imide groups is 1. The van der Waals surface area contributed by atoms with Gasteiger partial charge in [0.1, 0.15) is 0 Å². The van der Waals surface area contributed by atoms with Gasteiger partial charge in [0.25, 0.3) is 11.8 Å². The zero-order chi connectivity index (χ0) is 17.6. The van der Waals surface area contributed by atoms with E-state index >= 15 is 0 Å². The van der Waals surface area contributed by atoms with Crippen molar-refractivity contribution in [1.82, 2.24) is 5.06 Å². The Morgan fingerprint density at radius 3 is 2.16 bits per heavy atom. The van der Waals surface area contributed by atoms with Gasteiger partial charge in [-0.2, -0.15) is 0 Å². The summed E-state index contributed by atoms with van der Waals surface area (Å²) >= 11 is 0. The van der Waals surface area contributed by atoms with Crippen LogP contribution in [-0.4, -0.2) is 22.8 Å². The molecule has 0 aromatic heterocycles. The maximum atomic E-state index is 12.8. The summed E-state index contributed by atoms with van der Waals surface area (Å²) in [6.45, 7) is 1.82. The van der Waals surface area contributed by atoms with Crippen LogP contribution >= 0.6 is 0 Å². The highest BCUT2D eigenvalue weighted by Gasteiger charge is 2.44. The van der Waals surface area contributed by atoms with E-state index in [-0.39, 0.29) is 11.1 Å². The van der Waals surface area contributed by atoms with Gasteiger partial charge in [0.2, 0.25) is 0 Å². The topological polar surface area (TPSA) is 63.7 Å². The number of hydrogen-bond acceptors (Lipinski definition) is 4. The molecule has 25 heavy (non-hydrogen) atoms. The molecule has 1 unspecified atom stereocenters. The lowest BCUT2D eigenvalue weighted by Crippen LogP contribution is -2.42. The van der Waals surface area contributed by atoms with Gasteiger partial charge in [-0.05, 0) is 49.4 Å². The summed E-state index contributed by atoms with van der Waals surface area (Å²) in [4.78, 5) is 42.7. The summed E-state index contributed by atoms with van der Waals surface area (Å²) in [6.07, 6.45) is 1.92. The van der Waals surface area contributed by atoms with Crippen LogP contribution in [0.3, 0.4) is 0 Å². The van der Waals surface area contributed by atoms with E-state index in [1.165, 1.54) is 5.56 Å². The maximum Gasteiger partial charge on any atom is 0.339 e. The van der Waals surface area contributed by atoms with Crippen LogP contribution in [0.4, 0.5) is 0 Å². The van der Waals surface area contributed by atoms with Crippen molar-refractivity contribution in [3.8, 4) is 0 Å². The van der Waals surface area contributed by atoms with E-state index in [1.54, 1.807) is 24.3 Å². The summed E-state index contributed by atoms with van der Waals surface area (Å²) in [5.74, 6) is -1.72. The molecule has 5 heteroatoms. The lowest BCUT2D eigenvalue weighted by molar-refractivity contribution is -0.181. The molecule has 0 N–H and O–H groups in total. The van der Waals surface area contributed by atoms with E-state index in [9.17, 15) is 14.4 Å². The van der Waals surface area contributed by atoms with E-state index in [2.05, 4.69) is 6.07 Å². The molecule has 2 aliphatic rings. The molecular formula is C20H17NO4. The third-order valence-electron chi connectivity index (χ3n) is 5.07. The Morgan fingerprint density at radius 1 is 0.960 bits per heavy atom. The van der Waals surface area contributed by atoms with Crippen LogP contribution in [-0.2, 0) is 22.5 Å². The zero-order valence-electron chi connectivity index (χ0n) is 13.8. The normalized spacial score (nSPS) is 21.7. The van der Waals surface area contributed by atoms with Gasteiger partial charge in [-0.25, -0.2) is 4.79 Å². The van der Waals surface area contributed by atoms with Gasteiger partial charge in [-0.1, -0.05) is 41.5 Å². The molecular weight excluding hydrogens is 318 g/mol. The number of aryl methyl sites for hydroxylation is 1. The largest absolute Gasteiger partial charge is 0.339 e. The Kier molecular flexibility index (Phi) is 3.46. The maximum absolute atomic E-state index is 12.8. The van der Waals surface area contributed by atoms with Gasteiger partial charge in [0.15, 0.2) is 0 Å². The lowest BCUT2D eigenvalue weighted by Gasteiger charge is -2.33. The number of benzene rings is 2. The Balaban J connectivity index is 1.55. The molecule has 1 atom stereocenters. The van der Waals surface area contributed by atoms with Crippen LogP contribution < -0.4 is 0 Å². The van der Waals surface area contributed by atoms with Crippen LogP contribution in [0.2, 0.25) is 0 Å². The molecule has 1 aliphatic carbocycles. The Bertz CT molecular complexity index is 869. The average Bonchev–Trinajstić information content (AvgIpc) is 2.87. The second kappa shape index (κ2) is 5.55. The minimum absolute atomic E-state index is 0.263. The molecule has 0 fully saturated rings. The van der Waals surface area contributed by atoms with Gasteiger partial charge >= 0.3 is 5.97 Å². The number of carbonyl (C=O) groups is 3. The van der Waals surface area contributed by atoms with Gasteiger partial charge < -0.3 is 4.84 Å². The van der Waals surface area contributed by atoms with Gasteiger partial charge in [0.05, 0.1) is 16.5 Å². The van der Waals surface area contributed by atoms with E-state index in [1.807, 2.05) is 25.1 Å². The molecule has 2 aromatic carbocycles. The lowest BCUT2D eigenvalue weighted by atomic mass is 9.73. The highest BCUT2D eigenvalue weighted by molar-refractivity contribution is 6.20. The summed E-state index contributed by atoms with van der Waals surface area (Å²) in [5.41, 5.74) is 2.10. The first-order valence-corrected chi connectivity index (χ1v) is 8.27. The van der Waals surface area contributed by atoms with Crippen molar-refractivity contribution in [1.29, 1.82) is 0 Å². The molecule has 0 saturated carbocycles. The number of fused-ring (bicyclic) bond motifs is 2. The predicted octanol–water partition coefficient (Wildman–Crippen LogP) is 2.94. The van der Waals surface area contributed by atoms with E-state index in [4.69, 9.17) is 4.84 Å². The minimum Gasteiger partial charge on any atom is -0.329 e. The van der Waals surface area contributed by atoms with Crippen molar-refractivity contribution in [2.45, 2.75) is 26.2 Å².